The van der Waals surface area contributed by atoms with Gasteiger partial charge < -0.3 is 28.4 Å². The van der Waals surface area contributed by atoms with E-state index in [4.69, 9.17) is 28.4 Å². The van der Waals surface area contributed by atoms with Crippen molar-refractivity contribution in [3.05, 3.63) is 95.6 Å². The monoisotopic (exact) mass is 830 g/mol. The van der Waals surface area contributed by atoms with Gasteiger partial charge in [0.15, 0.2) is 47.8 Å². The van der Waals surface area contributed by atoms with Crippen molar-refractivity contribution in [2.75, 3.05) is 54.2 Å². The van der Waals surface area contributed by atoms with Gasteiger partial charge in [0, 0.05) is 97.6 Å². The van der Waals surface area contributed by atoms with E-state index in [9.17, 15) is 9.59 Å². The van der Waals surface area contributed by atoms with E-state index in [-0.39, 0.29) is 0 Å². The number of benzene rings is 2. The SMILES string of the molecule is COc1cc(OC)c(OC)cc1/C=C/c1cc[n+](CCCC(=O)CCCSSCCCC(=O)CCC[n+]2ccc(/C=C/c3cc(OC)c(OC)cc3OC)cc2)cc1. The molecule has 58 heavy (non-hydrogen) atoms. The molecule has 0 aliphatic rings. The van der Waals surface area contributed by atoms with Gasteiger partial charge in [-0.2, -0.15) is 0 Å². The normalized spacial score (nSPS) is 11.2. The second-order valence-electron chi connectivity index (χ2n) is 13.4. The van der Waals surface area contributed by atoms with Crippen LogP contribution in [0.25, 0.3) is 24.3 Å². The molecule has 0 aliphatic carbocycles. The number of hydrogen-bond donors (Lipinski definition) is 0. The number of carbonyl (C=O) groups excluding carboxylic acids is 2. The lowest BCUT2D eigenvalue weighted by atomic mass is 10.1. The van der Waals surface area contributed by atoms with Gasteiger partial charge >= 0.3 is 0 Å². The van der Waals surface area contributed by atoms with Gasteiger partial charge in [0.25, 0.3) is 0 Å². The first kappa shape index (κ1) is 45.8. The summed E-state index contributed by atoms with van der Waals surface area (Å²) in [6.45, 7) is 1.60. The standard InChI is InChI=1S/C46H58N2O8S2/c1-51-41-33-45(55-5)43(53-3)31-37(41)17-15-35-19-25-47(26-20-35)23-7-11-39(49)13-9-29-57-58-30-10-14-40(50)12-8-24-48-27-21-36(22-28-48)16-18-38-32-44(54-4)46(56-6)34-42(38)52-2/h15-22,25-28,31-34H,7-14,23-24,29-30H2,1-6H3/q+2/b17-15+,18-16+. The fraction of sp³-hybridized carbons (Fsp3) is 0.391. The highest BCUT2D eigenvalue weighted by molar-refractivity contribution is 8.76. The van der Waals surface area contributed by atoms with Gasteiger partial charge in [0.2, 0.25) is 0 Å². The molecule has 2 aromatic carbocycles. The summed E-state index contributed by atoms with van der Waals surface area (Å²) in [4.78, 5) is 24.9. The number of Topliss-reactive ketones (excluding diaryl/α,β-unsaturated/α-hetero) is 2. The minimum atomic E-state index is 0.318. The van der Waals surface area contributed by atoms with Gasteiger partial charge in [0.05, 0.1) is 42.7 Å². The summed E-state index contributed by atoms with van der Waals surface area (Å²) < 4.78 is 36.9. The summed E-state index contributed by atoms with van der Waals surface area (Å²) >= 11 is 0. The van der Waals surface area contributed by atoms with Gasteiger partial charge in [-0.25, -0.2) is 9.13 Å². The molecule has 0 saturated heterocycles. The molecule has 2 heterocycles. The lowest BCUT2D eigenvalue weighted by Crippen LogP contribution is -2.32. The average molecular weight is 831 g/mol. The van der Waals surface area contributed by atoms with E-state index in [1.54, 1.807) is 64.2 Å². The van der Waals surface area contributed by atoms with Gasteiger partial charge in [0.1, 0.15) is 36.2 Å². The Kier molecular flexibility index (Phi) is 20.1. The van der Waals surface area contributed by atoms with Crippen LogP contribution in [0.1, 0.15) is 73.6 Å². The Balaban J connectivity index is 1.02. The van der Waals surface area contributed by atoms with Crippen LogP contribution in [0.4, 0.5) is 0 Å². The van der Waals surface area contributed by atoms with Crippen LogP contribution in [0, 0.1) is 0 Å². The van der Waals surface area contributed by atoms with Crippen molar-refractivity contribution in [1.82, 2.24) is 0 Å². The molecule has 0 atom stereocenters. The molecule has 0 unspecified atom stereocenters. The maximum atomic E-state index is 12.5. The van der Waals surface area contributed by atoms with Crippen LogP contribution < -0.4 is 37.6 Å². The number of rotatable bonds is 27. The van der Waals surface area contributed by atoms with E-state index in [2.05, 4.69) is 33.4 Å². The molecule has 0 aliphatic heterocycles. The molecule has 0 bridgehead atoms. The summed E-state index contributed by atoms with van der Waals surface area (Å²) in [6.07, 6.45) is 22.0. The lowest BCUT2D eigenvalue weighted by molar-refractivity contribution is -0.697. The van der Waals surface area contributed by atoms with Crippen LogP contribution in [-0.4, -0.2) is 65.7 Å². The lowest BCUT2D eigenvalue weighted by Gasteiger charge is -2.12. The first-order valence-corrected chi connectivity index (χ1v) is 22.0. The van der Waals surface area contributed by atoms with Crippen molar-refractivity contribution in [3.63, 3.8) is 0 Å². The summed E-state index contributed by atoms with van der Waals surface area (Å²) in [5.41, 5.74) is 3.89. The number of pyridine rings is 2. The van der Waals surface area contributed by atoms with Gasteiger partial charge in [-0.3, -0.25) is 9.59 Å². The fourth-order valence-corrected chi connectivity index (χ4v) is 8.31. The molecule has 4 rings (SSSR count). The summed E-state index contributed by atoms with van der Waals surface area (Å²) in [5, 5.41) is 0. The third kappa shape index (κ3) is 15.1. The van der Waals surface area contributed by atoms with Crippen LogP contribution in [-0.2, 0) is 22.7 Å². The van der Waals surface area contributed by atoms with Crippen LogP contribution in [0.5, 0.6) is 34.5 Å². The molecular formula is C46H58N2O8S2+2. The largest absolute Gasteiger partial charge is 0.496 e. The van der Waals surface area contributed by atoms with Crippen molar-refractivity contribution in [2.24, 2.45) is 0 Å². The van der Waals surface area contributed by atoms with Gasteiger partial charge in [-0.1, -0.05) is 45.9 Å². The zero-order valence-corrected chi connectivity index (χ0v) is 36.3. The average Bonchev–Trinajstić information content (AvgIpc) is 3.25. The fourth-order valence-electron chi connectivity index (χ4n) is 6.14. The second kappa shape index (κ2) is 25.4. The third-order valence-electron chi connectivity index (χ3n) is 9.41. The molecule has 0 spiro atoms. The van der Waals surface area contributed by atoms with Crippen LogP contribution in [0.2, 0.25) is 0 Å². The van der Waals surface area contributed by atoms with Crippen molar-refractivity contribution in [3.8, 4) is 34.5 Å². The number of ketones is 2. The molecule has 12 heteroatoms. The molecule has 0 N–H and O–H groups in total. The molecule has 2 aromatic heterocycles. The number of carbonyl (C=O) groups is 2. The Morgan fingerprint density at radius 2 is 0.793 bits per heavy atom. The van der Waals surface area contributed by atoms with E-state index in [1.165, 1.54) is 0 Å². The summed E-state index contributed by atoms with van der Waals surface area (Å²) in [7, 11) is 13.3. The minimum Gasteiger partial charge on any atom is -0.496 e. The number of aryl methyl sites for hydroxylation is 2. The Labute approximate surface area is 351 Å². The Hall–Kier alpha value is -4.94. The topological polar surface area (TPSA) is 97.3 Å². The second-order valence-corrected chi connectivity index (χ2v) is 16.1. The minimum absolute atomic E-state index is 0.318. The number of ether oxygens (including phenoxy) is 6. The highest BCUT2D eigenvalue weighted by Gasteiger charge is 2.12. The first-order valence-electron chi connectivity index (χ1n) is 19.5. The van der Waals surface area contributed by atoms with Gasteiger partial charge in [-0.05, 0) is 36.1 Å². The quantitative estimate of drug-likeness (QED) is 0.0329. The van der Waals surface area contributed by atoms with Crippen molar-refractivity contribution < 1.29 is 47.1 Å². The molecule has 0 fully saturated rings. The van der Waals surface area contributed by atoms with E-state index in [0.717, 1.165) is 72.5 Å². The van der Waals surface area contributed by atoms with E-state index >= 15 is 0 Å². The Morgan fingerprint density at radius 1 is 0.466 bits per heavy atom. The molecular weight excluding hydrogens is 773 g/mol. The first-order chi connectivity index (χ1) is 28.3. The zero-order valence-electron chi connectivity index (χ0n) is 34.7. The Morgan fingerprint density at radius 3 is 1.14 bits per heavy atom. The van der Waals surface area contributed by atoms with E-state index in [0.29, 0.717) is 71.7 Å². The molecule has 0 radical (unpaired) electrons. The predicted octanol–water partition coefficient (Wildman–Crippen LogP) is 8.99. The smallest absolute Gasteiger partial charge is 0.169 e. The molecule has 0 amide bonds. The number of aromatic nitrogens is 2. The van der Waals surface area contributed by atoms with E-state index < -0.39 is 0 Å². The number of nitrogens with zero attached hydrogens (tertiary/aromatic N) is 2. The molecule has 310 valence electrons. The summed E-state index contributed by atoms with van der Waals surface area (Å²) in [5.74, 6) is 6.45. The molecule has 10 nitrogen and oxygen atoms in total. The van der Waals surface area contributed by atoms with Crippen molar-refractivity contribution >= 4 is 57.5 Å². The zero-order chi connectivity index (χ0) is 41.5. The van der Waals surface area contributed by atoms with E-state index in [1.807, 2.05) is 73.4 Å². The van der Waals surface area contributed by atoms with Crippen molar-refractivity contribution in [1.29, 1.82) is 0 Å². The highest BCUT2D eigenvalue weighted by atomic mass is 33.1. The number of hydrogen-bond acceptors (Lipinski definition) is 10. The molecule has 0 saturated carbocycles. The van der Waals surface area contributed by atoms with Crippen LogP contribution in [0.3, 0.4) is 0 Å². The summed E-state index contributed by atoms with van der Waals surface area (Å²) in [6, 6.07) is 15.6. The van der Waals surface area contributed by atoms with Crippen molar-refractivity contribution in [2.45, 2.75) is 64.5 Å². The number of methoxy groups -OCH3 is 6. The van der Waals surface area contributed by atoms with Gasteiger partial charge in [-0.15, -0.1) is 0 Å². The van der Waals surface area contributed by atoms with Crippen LogP contribution in [0.15, 0.2) is 73.3 Å². The third-order valence-corrected chi connectivity index (χ3v) is 12.0. The van der Waals surface area contributed by atoms with Crippen LogP contribution >= 0.6 is 21.6 Å². The Bertz CT molecular complexity index is 1810. The maximum absolute atomic E-state index is 12.5. The predicted molar refractivity (Wildman–Crippen MR) is 235 cm³/mol. The molecule has 4 aromatic rings. The highest BCUT2D eigenvalue weighted by Crippen LogP contribution is 2.36. The maximum Gasteiger partial charge on any atom is 0.169 e.